The number of rotatable bonds is 7. The van der Waals surface area contributed by atoms with Gasteiger partial charge in [-0.05, 0) is 43.4 Å². The third-order valence-electron chi connectivity index (χ3n) is 2.21. The molecule has 0 atom stereocenters. The van der Waals surface area contributed by atoms with Crippen molar-refractivity contribution in [3.05, 3.63) is 41.8 Å². The molecule has 1 rings (SSSR count). The fourth-order valence-corrected chi connectivity index (χ4v) is 1.51. The quantitative estimate of drug-likeness (QED) is 0.640. The van der Waals surface area contributed by atoms with Crippen molar-refractivity contribution >= 4 is 11.6 Å². The molecule has 83 valence electrons. The second-order valence-corrected chi connectivity index (χ2v) is 3.99. The fourth-order valence-electron chi connectivity index (χ4n) is 1.39. The third kappa shape index (κ3) is 5.81. The third-order valence-corrected chi connectivity index (χ3v) is 2.46. The van der Waals surface area contributed by atoms with Gasteiger partial charge in [0, 0.05) is 18.2 Å². The Kier molecular flexibility index (Phi) is 6.45. The summed E-state index contributed by atoms with van der Waals surface area (Å²) in [5, 5.41) is 0.803. The first-order valence-corrected chi connectivity index (χ1v) is 5.82. The molecule has 0 aromatic heterocycles. The highest BCUT2D eigenvalue weighted by atomic mass is 35.5. The van der Waals surface area contributed by atoms with E-state index in [0.717, 1.165) is 37.5 Å². The van der Waals surface area contributed by atoms with Crippen LogP contribution in [0.15, 0.2) is 24.3 Å². The van der Waals surface area contributed by atoms with Crippen LogP contribution < -0.4 is 0 Å². The van der Waals surface area contributed by atoms with Crippen LogP contribution in [0, 0.1) is 6.92 Å². The van der Waals surface area contributed by atoms with E-state index >= 15 is 0 Å². The highest BCUT2D eigenvalue weighted by Crippen LogP contribution is 2.11. The van der Waals surface area contributed by atoms with Gasteiger partial charge in [0.15, 0.2) is 0 Å². The summed E-state index contributed by atoms with van der Waals surface area (Å²) in [5.41, 5.74) is 1.34. The number of hydrogen-bond acceptors (Lipinski definition) is 1. The maximum atomic E-state index is 5.80. The molecule has 0 N–H and O–H groups in total. The van der Waals surface area contributed by atoms with Crippen LogP contribution in [-0.2, 0) is 11.2 Å². The summed E-state index contributed by atoms with van der Waals surface area (Å²) in [6.07, 6.45) is 4.24. The van der Waals surface area contributed by atoms with Gasteiger partial charge >= 0.3 is 0 Å². The van der Waals surface area contributed by atoms with Crippen molar-refractivity contribution in [2.45, 2.75) is 25.7 Å². The maximum absolute atomic E-state index is 5.80. The molecule has 15 heavy (non-hydrogen) atoms. The van der Waals surface area contributed by atoms with Gasteiger partial charge in [-0.3, -0.25) is 0 Å². The summed E-state index contributed by atoms with van der Waals surface area (Å²) in [7, 11) is 0. The van der Waals surface area contributed by atoms with Crippen LogP contribution in [0.5, 0.6) is 0 Å². The van der Waals surface area contributed by atoms with Crippen molar-refractivity contribution in [3.8, 4) is 0 Å². The molecular weight excluding hydrogens is 208 g/mol. The predicted molar refractivity (Wildman–Crippen MR) is 65.2 cm³/mol. The Labute approximate surface area is 97.4 Å². The molecule has 1 nitrogen and oxygen atoms in total. The minimum Gasteiger partial charge on any atom is -0.381 e. The van der Waals surface area contributed by atoms with E-state index < -0.39 is 0 Å². The van der Waals surface area contributed by atoms with Crippen molar-refractivity contribution < 1.29 is 4.74 Å². The predicted octanol–water partition coefficient (Wildman–Crippen LogP) is 3.90. The zero-order valence-corrected chi connectivity index (χ0v) is 9.80. The van der Waals surface area contributed by atoms with Crippen LogP contribution >= 0.6 is 11.6 Å². The largest absolute Gasteiger partial charge is 0.381 e. The van der Waals surface area contributed by atoms with Gasteiger partial charge in [-0.2, -0.15) is 0 Å². The van der Waals surface area contributed by atoms with Crippen LogP contribution in [-0.4, -0.2) is 13.2 Å². The average molecular weight is 226 g/mol. The van der Waals surface area contributed by atoms with Gasteiger partial charge in [-0.1, -0.05) is 30.7 Å². The Morgan fingerprint density at radius 2 is 1.80 bits per heavy atom. The molecule has 0 amide bonds. The topological polar surface area (TPSA) is 9.23 Å². The van der Waals surface area contributed by atoms with Crippen LogP contribution in [0.1, 0.15) is 24.8 Å². The van der Waals surface area contributed by atoms with Gasteiger partial charge in [0.25, 0.3) is 0 Å². The van der Waals surface area contributed by atoms with Gasteiger partial charge in [0.05, 0.1) is 0 Å². The van der Waals surface area contributed by atoms with Crippen LogP contribution in [0.3, 0.4) is 0 Å². The molecule has 0 saturated heterocycles. The number of halogens is 1. The van der Waals surface area contributed by atoms with Gasteiger partial charge in [0.2, 0.25) is 0 Å². The fraction of sp³-hybridized carbons (Fsp3) is 0.462. The molecule has 1 aromatic carbocycles. The number of hydrogen-bond donors (Lipinski definition) is 0. The molecule has 1 radical (unpaired) electrons. The Morgan fingerprint density at radius 3 is 2.47 bits per heavy atom. The van der Waals surface area contributed by atoms with Crippen molar-refractivity contribution in [1.29, 1.82) is 0 Å². The number of aryl methyl sites for hydroxylation is 1. The normalized spacial score (nSPS) is 10.5. The minimum atomic E-state index is 0.779. The van der Waals surface area contributed by atoms with Crippen LogP contribution in [0.25, 0.3) is 0 Å². The first kappa shape index (κ1) is 12.5. The molecule has 2 heteroatoms. The molecular formula is C13H18ClO. The van der Waals surface area contributed by atoms with E-state index in [2.05, 4.69) is 19.1 Å². The van der Waals surface area contributed by atoms with E-state index in [4.69, 9.17) is 16.3 Å². The highest BCUT2D eigenvalue weighted by molar-refractivity contribution is 6.30. The van der Waals surface area contributed by atoms with Crippen LogP contribution in [0.4, 0.5) is 0 Å². The summed E-state index contributed by atoms with van der Waals surface area (Å²) >= 11 is 5.80. The van der Waals surface area contributed by atoms with Crippen molar-refractivity contribution in [2.24, 2.45) is 0 Å². The molecule has 0 heterocycles. The van der Waals surface area contributed by atoms with E-state index in [-0.39, 0.29) is 0 Å². The van der Waals surface area contributed by atoms with Gasteiger partial charge in [0.1, 0.15) is 0 Å². The molecule has 0 unspecified atom stereocenters. The number of ether oxygens (including phenoxy) is 1. The zero-order chi connectivity index (χ0) is 10.9. The molecule has 0 bridgehead atoms. The highest BCUT2D eigenvalue weighted by Gasteiger charge is 1.94. The van der Waals surface area contributed by atoms with E-state index in [1.807, 2.05) is 12.1 Å². The first-order chi connectivity index (χ1) is 7.33. The molecule has 0 aliphatic heterocycles. The minimum absolute atomic E-state index is 0.779. The number of benzene rings is 1. The van der Waals surface area contributed by atoms with E-state index in [0.29, 0.717) is 0 Å². The summed E-state index contributed by atoms with van der Waals surface area (Å²) in [6.45, 7) is 5.35. The molecule has 0 spiro atoms. The Hall–Kier alpha value is -0.530. The van der Waals surface area contributed by atoms with E-state index in [9.17, 15) is 0 Å². The maximum Gasteiger partial charge on any atom is 0.0466 e. The average Bonchev–Trinajstić information content (AvgIpc) is 2.26. The molecule has 0 aliphatic carbocycles. The Balaban J connectivity index is 2.07. The molecule has 1 aromatic rings. The lowest BCUT2D eigenvalue weighted by atomic mass is 10.1. The summed E-state index contributed by atoms with van der Waals surface area (Å²) < 4.78 is 5.36. The van der Waals surface area contributed by atoms with Crippen LogP contribution in [0.2, 0.25) is 5.02 Å². The van der Waals surface area contributed by atoms with E-state index in [1.165, 1.54) is 12.0 Å². The Bertz CT molecular complexity index is 256. The van der Waals surface area contributed by atoms with Gasteiger partial charge in [-0.25, -0.2) is 0 Å². The number of unbranched alkanes of at least 4 members (excludes halogenated alkanes) is 1. The van der Waals surface area contributed by atoms with E-state index in [1.54, 1.807) is 0 Å². The van der Waals surface area contributed by atoms with Crippen molar-refractivity contribution in [2.75, 3.05) is 13.2 Å². The van der Waals surface area contributed by atoms with Gasteiger partial charge < -0.3 is 4.74 Å². The van der Waals surface area contributed by atoms with Crippen molar-refractivity contribution in [1.82, 2.24) is 0 Å². The molecule has 0 aliphatic rings. The molecule has 0 fully saturated rings. The standard InChI is InChI=1S/C13H18ClO/c1-2-10-15-11-4-3-5-12-6-8-13(14)9-7-12/h6-9H,1-5,10-11H2. The lowest BCUT2D eigenvalue weighted by Crippen LogP contribution is -1.96. The second kappa shape index (κ2) is 7.72. The smallest absolute Gasteiger partial charge is 0.0466 e. The lowest BCUT2D eigenvalue weighted by Gasteiger charge is -2.03. The zero-order valence-electron chi connectivity index (χ0n) is 9.05. The summed E-state index contributed by atoms with van der Waals surface area (Å²) in [4.78, 5) is 0. The lowest BCUT2D eigenvalue weighted by molar-refractivity contribution is 0.134. The first-order valence-electron chi connectivity index (χ1n) is 5.44. The Morgan fingerprint density at radius 1 is 1.07 bits per heavy atom. The summed E-state index contributed by atoms with van der Waals surface area (Å²) in [5.74, 6) is 0. The monoisotopic (exact) mass is 225 g/mol. The van der Waals surface area contributed by atoms with Gasteiger partial charge in [-0.15, -0.1) is 0 Å². The molecule has 0 saturated carbocycles. The van der Waals surface area contributed by atoms with Crippen molar-refractivity contribution in [3.63, 3.8) is 0 Å². The second-order valence-electron chi connectivity index (χ2n) is 3.55. The summed E-state index contributed by atoms with van der Waals surface area (Å²) in [6, 6.07) is 8.05. The SMILES string of the molecule is [CH2]CCOCCCCc1ccc(Cl)cc1.